The molecule has 0 aromatic rings. The Labute approximate surface area is 84.7 Å². The van der Waals surface area contributed by atoms with E-state index in [0.29, 0.717) is 6.42 Å². The predicted octanol–water partition coefficient (Wildman–Crippen LogP) is 1.26. The van der Waals surface area contributed by atoms with E-state index in [1.165, 1.54) is 0 Å². The van der Waals surface area contributed by atoms with Crippen molar-refractivity contribution in [1.29, 1.82) is 0 Å². The van der Waals surface area contributed by atoms with E-state index in [1.807, 2.05) is 20.8 Å². The Morgan fingerprint density at radius 1 is 1.36 bits per heavy atom. The summed E-state index contributed by atoms with van der Waals surface area (Å²) in [6.45, 7) is 5.82. The van der Waals surface area contributed by atoms with E-state index in [4.69, 9.17) is 5.11 Å². The Bertz CT molecular complexity index is 202. The van der Waals surface area contributed by atoms with Crippen molar-refractivity contribution in [3.05, 3.63) is 0 Å². The molecule has 0 fully saturated rings. The second-order valence-electron chi connectivity index (χ2n) is 3.74. The van der Waals surface area contributed by atoms with Crippen LogP contribution in [0.2, 0.25) is 0 Å². The van der Waals surface area contributed by atoms with E-state index in [1.54, 1.807) is 0 Å². The summed E-state index contributed by atoms with van der Waals surface area (Å²) in [5, 5.41) is 11.5. The van der Waals surface area contributed by atoms with E-state index in [0.717, 1.165) is 6.42 Å². The first kappa shape index (κ1) is 12.9. The number of hydrogen-bond acceptors (Lipinski definition) is 2. The molecule has 0 bridgehead atoms. The van der Waals surface area contributed by atoms with Crippen molar-refractivity contribution in [2.24, 2.45) is 11.8 Å². The maximum Gasteiger partial charge on any atom is 0.308 e. The second-order valence-corrected chi connectivity index (χ2v) is 3.74. The maximum atomic E-state index is 11.1. The average Bonchev–Trinajstić information content (AvgIpc) is 2.03. The highest BCUT2D eigenvalue weighted by Gasteiger charge is 2.21. The molecule has 0 saturated carbocycles. The monoisotopic (exact) mass is 201 g/mol. The second kappa shape index (κ2) is 6.40. The zero-order chi connectivity index (χ0) is 11.1. The van der Waals surface area contributed by atoms with Crippen LogP contribution in [0.3, 0.4) is 0 Å². The molecule has 0 aliphatic heterocycles. The highest BCUT2D eigenvalue weighted by atomic mass is 16.4. The molecule has 1 atom stereocenters. The molecule has 0 spiro atoms. The summed E-state index contributed by atoms with van der Waals surface area (Å²) in [7, 11) is 0. The van der Waals surface area contributed by atoms with Crippen LogP contribution in [0, 0.1) is 11.8 Å². The standard InChI is InChI=1S/C10H19NO3/c1-4-5-9(12)11-6-8(7(2)3)10(13)14/h7-8H,4-6H2,1-3H3,(H,11,12)(H,13,14). The third kappa shape index (κ3) is 4.84. The van der Waals surface area contributed by atoms with Gasteiger partial charge in [-0.3, -0.25) is 9.59 Å². The molecular formula is C10H19NO3. The highest BCUT2D eigenvalue weighted by molar-refractivity contribution is 5.77. The summed E-state index contributed by atoms with van der Waals surface area (Å²) in [4.78, 5) is 21.8. The van der Waals surface area contributed by atoms with Crippen molar-refractivity contribution in [2.75, 3.05) is 6.54 Å². The van der Waals surface area contributed by atoms with Gasteiger partial charge in [-0.1, -0.05) is 20.8 Å². The number of amides is 1. The van der Waals surface area contributed by atoms with Crippen LogP contribution in [0.15, 0.2) is 0 Å². The quantitative estimate of drug-likeness (QED) is 0.680. The van der Waals surface area contributed by atoms with Gasteiger partial charge in [-0.2, -0.15) is 0 Å². The largest absolute Gasteiger partial charge is 0.481 e. The van der Waals surface area contributed by atoms with Crippen molar-refractivity contribution in [1.82, 2.24) is 5.32 Å². The van der Waals surface area contributed by atoms with E-state index >= 15 is 0 Å². The minimum atomic E-state index is -0.850. The molecule has 1 unspecified atom stereocenters. The topological polar surface area (TPSA) is 66.4 Å². The van der Waals surface area contributed by atoms with Gasteiger partial charge in [0.1, 0.15) is 0 Å². The number of carbonyl (C=O) groups is 2. The molecule has 4 nitrogen and oxygen atoms in total. The summed E-state index contributed by atoms with van der Waals surface area (Å²) in [6.07, 6.45) is 1.25. The van der Waals surface area contributed by atoms with Crippen LogP contribution in [-0.4, -0.2) is 23.5 Å². The molecule has 2 N–H and O–H groups in total. The lowest BCUT2D eigenvalue weighted by Crippen LogP contribution is -2.35. The fourth-order valence-corrected chi connectivity index (χ4v) is 1.15. The molecule has 14 heavy (non-hydrogen) atoms. The van der Waals surface area contributed by atoms with Gasteiger partial charge >= 0.3 is 5.97 Å². The van der Waals surface area contributed by atoms with Gasteiger partial charge in [-0.25, -0.2) is 0 Å². The fraction of sp³-hybridized carbons (Fsp3) is 0.800. The van der Waals surface area contributed by atoms with Gasteiger partial charge in [0, 0.05) is 13.0 Å². The van der Waals surface area contributed by atoms with Crippen LogP contribution in [0.25, 0.3) is 0 Å². The number of nitrogens with one attached hydrogen (secondary N) is 1. The minimum Gasteiger partial charge on any atom is -0.481 e. The molecule has 0 heterocycles. The average molecular weight is 201 g/mol. The van der Waals surface area contributed by atoms with E-state index < -0.39 is 11.9 Å². The molecule has 1 amide bonds. The van der Waals surface area contributed by atoms with E-state index in [2.05, 4.69) is 5.32 Å². The van der Waals surface area contributed by atoms with Gasteiger partial charge in [0.05, 0.1) is 5.92 Å². The summed E-state index contributed by atoms with van der Waals surface area (Å²) < 4.78 is 0. The maximum absolute atomic E-state index is 11.1. The van der Waals surface area contributed by atoms with Crippen LogP contribution in [-0.2, 0) is 9.59 Å². The lowest BCUT2D eigenvalue weighted by atomic mass is 9.96. The SMILES string of the molecule is CCCC(=O)NCC(C(=O)O)C(C)C. The van der Waals surface area contributed by atoms with Crippen molar-refractivity contribution >= 4 is 11.9 Å². The Morgan fingerprint density at radius 3 is 2.29 bits per heavy atom. The molecule has 0 rings (SSSR count). The molecule has 0 aliphatic carbocycles. The van der Waals surface area contributed by atoms with Crippen LogP contribution >= 0.6 is 0 Å². The highest BCUT2D eigenvalue weighted by Crippen LogP contribution is 2.09. The predicted molar refractivity (Wildman–Crippen MR) is 53.9 cm³/mol. The summed E-state index contributed by atoms with van der Waals surface area (Å²) in [5.74, 6) is -1.37. The van der Waals surface area contributed by atoms with Gasteiger partial charge in [0.25, 0.3) is 0 Å². The Morgan fingerprint density at radius 2 is 1.93 bits per heavy atom. The Balaban J connectivity index is 3.94. The first-order valence-corrected chi connectivity index (χ1v) is 4.98. The van der Waals surface area contributed by atoms with Crippen LogP contribution in [0.4, 0.5) is 0 Å². The zero-order valence-electron chi connectivity index (χ0n) is 9.04. The van der Waals surface area contributed by atoms with Crippen LogP contribution < -0.4 is 5.32 Å². The van der Waals surface area contributed by atoms with Gasteiger partial charge in [-0.05, 0) is 12.3 Å². The number of rotatable bonds is 6. The molecule has 0 aliphatic rings. The van der Waals surface area contributed by atoms with Gasteiger partial charge < -0.3 is 10.4 Å². The van der Waals surface area contributed by atoms with Crippen LogP contribution in [0.5, 0.6) is 0 Å². The van der Waals surface area contributed by atoms with Gasteiger partial charge in [0.2, 0.25) is 5.91 Å². The zero-order valence-corrected chi connectivity index (χ0v) is 9.04. The van der Waals surface area contributed by atoms with Gasteiger partial charge in [-0.15, -0.1) is 0 Å². The molecule has 0 radical (unpaired) electrons. The molecule has 0 saturated heterocycles. The van der Waals surface area contributed by atoms with Crippen molar-refractivity contribution in [3.63, 3.8) is 0 Å². The van der Waals surface area contributed by atoms with Crippen molar-refractivity contribution in [3.8, 4) is 0 Å². The first-order chi connectivity index (χ1) is 6.49. The normalized spacial score (nSPS) is 12.6. The van der Waals surface area contributed by atoms with Crippen LogP contribution in [0.1, 0.15) is 33.6 Å². The summed E-state index contributed by atoms with van der Waals surface area (Å²) in [6, 6.07) is 0. The van der Waals surface area contributed by atoms with Gasteiger partial charge in [0.15, 0.2) is 0 Å². The van der Waals surface area contributed by atoms with E-state index in [-0.39, 0.29) is 18.4 Å². The summed E-state index contributed by atoms with van der Waals surface area (Å²) >= 11 is 0. The third-order valence-electron chi connectivity index (χ3n) is 2.12. The Kier molecular flexibility index (Phi) is 5.92. The van der Waals surface area contributed by atoms with Crippen molar-refractivity contribution in [2.45, 2.75) is 33.6 Å². The number of aliphatic carboxylic acids is 1. The number of carbonyl (C=O) groups excluding carboxylic acids is 1. The third-order valence-corrected chi connectivity index (χ3v) is 2.12. The smallest absolute Gasteiger partial charge is 0.308 e. The molecule has 0 aromatic heterocycles. The molecule has 4 heteroatoms. The molecule has 82 valence electrons. The minimum absolute atomic E-state index is 0.0365. The molecule has 0 aromatic carbocycles. The lowest BCUT2D eigenvalue weighted by molar-refractivity contribution is -0.143. The van der Waals surface area contributed by atoms with E-state index in [9.17, 15) is 9.59 Å². The first-order valence-electron chi connectivity index (χ1n) is 4.98. The Hall–Kier alpha value is -1.06. The number of carboxylic acids is 1. The number of carboxylic acid groups (broad SMARTS) is 1. The number of hydrogen-bond donors (Lipinski definition) is 2. The fourth-order valence-electron chi connectivity index (χ4n) is 1.15. The lowest BCUT2D eigenvalue weighted by Gasteiger charge is -2.16. The molecular weight excluding hydrogens is 182 g/mol. The van der Waals surface area contributed by atoms with Crippen molar-refractivity contribution < 1.29 is 14.7 Å². The summed E-state index contributed by atoms with van der Waals surface area (Å²) in [5.41, 5.74) is 0.